The van der Waals surface area contributed by atoms with E-state index in [9.17, 15) is 18.0 Å². The first-order chi connectivity index (χ1) is 9.17. The molecule has 0 heterocycles. The molecule has 1 N–H and O–H groups in total. The Morgan fingerprint density at radius 3 is 2.35 bits per heavy atom. The van der Waals surface area contributed by atoms with Gasteiger partial charge in [-0.3, -0.25) is 9.79 Å². The standard InChI is InChI=1S/C13H18F3NO2S/c1-4-8(2)20-11(17-3)9(7-10(18)19)12(5-6-12)13(14,15)16/h9H,2,4-7H2,1,3H3,(H,18,19). The molecule has 1 aliphatic rings. The molecule has 1 saturated carbocycles. The quantitative estimate of drug-likeness (QED) is 0.593. The van der Waals surface area contributed by atoms with E-state index < -0.39 is 29.9 Å². The highest BCUT2D eigenvalue weighted by molar-refractivity contribution is 8.17. The van der Waals surface area contributed by atoms with Gasteiger partial charge in [-0.2, -0.15) is 13.2 Å². The van der Waals surface area contributed by atoms with E-state index in [4.69, 9.17) is 5.11 Å². The molecule has 7 heteroatoms. The summed E-state index contributed by atoms with van der Waals surface area (Å²) in [6.07, 6.45) is -4.44. The third-order valence-electron chi connectivity index (χ3n) is 3.56. The van der Waals surface area contributed by atoms with Gasteiger partial charge in [0.15, 0.2) is 0 Å². The van der Waals surface area contributed by atoms with Crippen LogP contribution in [0.15, 0.2) is 16.5 Å². The van der Waals surface area contributed by atoms with Crippen LogP contribution >= 0.6 is 11.8 Å². The fraction of sp³-hybridized carbons (Fsp3) is 0.692. The minimum atomic E-state index is -4.41. The summed E-state index contributed by atoms with van der Waals surface area (Å²) in [7, 11) is 1.40. The highest BCUT2D eigenvalue weighted by Gasteiger charge is 2.68. The second kappa shape index (κ2) is 6.20. The summed E-state index contributed by atoms with van der Waals surface area (Å²) >= 11 is 1.07. The summed E-state index contributed by atoms with van der Waals surface area (Å²) in [6.45, 7) is 5.58. The average molecular weight is 309 g/mol. The number of nitrogens with zero attached hydrogens (tertiary/aromatic N) is 1. The van der Waals surface area contributed by atoms with E-state index in [1.807, 2.05) is 6.92 Å². The Morgan fingerprint density at radius 1 is 1.50 bits per heavy atom. The molecule has 0 aromatic heterocycles. The Morgan fingerprint density at radius 2 is 2.05 bits per heavy atom. The van der Waals surface area contributed by atoms with Crippen LogP contribution in [0.2, 0.25) is 0 Å². The van der Waals surface area contributed by atoms with Crippen LogP contribution in [0.25, 0.3) is 0 Å². The number of halogens is 3. The first-order valence-electron chi connectivity index (χ1n) is 6.28. The molecule has 0 aromatic rings. The summed E-state index contributed by atoms with van der Waals surface area (Å²) in [5.41, 5.74) is -1.93. The van der Waals surface area contributed by atoms with Gasteiger partial charge in [0.2, 0.25) is 0 Å². The Balaban J connectivity index is 3.06. The van der Waals surface area contributed by atoms with E-state index in [1.54, 1.807) is 0 Å². The summed E-state index contributed by atoms with van der Waals surface area (Å²) in [4.78, 5) is 15.5. The van der Waals surface area contributed by atoms with Crippen molar-refractivity contribution in [3.8, 4) is 0 Å². The predicted molar refractivity (Wildman–Crippen MR) is 73.8 cm³/mol. The maximum absolute atomic E-state index is 13.2. The lowest BCUT2D eigenvalue weighted by molar-refractivity contribution is -0.197. The molecule has 0 aliphatic heterocycles. The van der Waals surface area contributed by atoms with Gasteiger partial charge in [-0.15, -0.1) is 0 Å². The van der Waals surface area contributed by atoms with Crippen molar-refractivity contribution in [1.29, 1.82) is 0 Å². The van der Waals surface area contributed by atoms with E-state index in [0.29, 0.717) is 11.3 Å². The molecule has 0 saturated heterocycles. The summed E-state index contributed by atoms with van der Waals surface area (Å²) < 4.78 is 39.7. The van der Waals surface area contributed by atoms with Crippen LogP contribution in [0.4, 0.5) is 13.2 Å². The summed E-state index contributed by atoms with van der Waals surface area (Å²) in [5, 5.41) is 9.14. The zero-order valence-corrected chi connectivity index (χ0v) is 12.3. The number of hydrogen-bond donors (Lipinski definition) is 1. The maximum atomic E-state index is 13.2. The number of aliphatic carboxylic acids is 1. The van der Waals surface area contributed by atoms with E-state index >= 15 is 0 Å². The fourth-order valence-corrected chi connectivity index (χ4v) is 3.13. The molecule has 1 aliphatic carbocycles. The number of carbonyl (C=O) groups is 1. The summed E-state index contributed by atoms with van der Waals surface area (Å²) in [6, 6.07) is 0. The van der Waals surface area contributed by atoms with Crippen molar-refractivity contribution < 1.29 is 23.1 Å². The monoisotopic (exact) mass is 309 g/mol. The van der Waals surface area contributed by atoms with Crippen molar-refractivity contribution in [3.05, 3.63) is 11.5 Å². The van der Waals surface area contributed by atoms with E-state index in [2.05, 4.69) is 11.6 Å². The van der Waals surface area contributed by atoms with Gasteiger partial charge in [-0.1, -0.05) is 25.3 Å². The number of alkyl halides is 3. The topological polar surface area (TPSA) is 49.7 Å². The largest absolute Gasteiger partial charge is 0.481 e. The normalized spacial score (nSPS) is 19.6. The molecule has 0 spiro atoms. The highest BCUT2D eigenvalue weighted by atomic mass is 32.2. The molecule has 114 valence electrons. The van der Waals surface area contributed by atoms with Crippen molar-refractivity contribution in [3.63, 3.8) is 0 Å². The lowest BCUT2D eigenvalue weighted by Gasteiger charge is -2.29. The molecular formula is C13H18F3NO2S. The minimum Gasteiger partial charge on any atom is -0.481 e. The van der Waals surface area contributed by atoms with Crippen molar-refractivity contribution in [1.82, 2.24) is 0 Å². The van der Waals surface area contributed by atoms with Crippen LogP contribution in [0.3, 0.4) is 0 Å². The third kappa shape index (κ3) is 3.56. The fourth-order valence-electron chi connectivity index (χ4n) is 2.15. The van der Waals surface area contributed by atoms with Gasteiger partial charge in [0, 0.05) is 13.0 Å². The molecule has 3 nitrogen and oxygen atoms in total. The van der Waals surface area contributed by atoms with Gasteiger partial charge in [0.05, 0.1) is 16.9 Å². The Kier molecular flexibility index (Phi) is 5.29. The van der Waals surface area contributed by atoms with Crippen LogP contribution in [0, 0.1) is 11.3 Å². The van der Waals surface area contributed by atoms with Gasteiger partial charge >= 0.3 is 12.1 Å². The lowest BCUT2D eigenvalue weighted by atomic mass is 9.86. The molecule has 1 rings (SSSR count). The molecule has 1 unspecified atom stereocenters. The van der Waals surface area contributed by atoms with E-state index in [1.165, 1.54) is 7.05 Å². The second-order valence-electron chi connectivity index (χ2n) is 4.86. The zero-order chi connectivity index (χ0) is 15.6. The van der Waals surface area contributed by atoms with Gasteiger partial charge in [-0.05, 0) is 24.2 Å². The minimum absolute atomic E-state index is 0.0351. The van der Waals surface area contributed by atoms with Crippen LogP contribution in [-0.4, -0.2) is 29.3 Å². The molecule has 0 bridgehead atoms. The predicted octanol–water partition coefficient (Wildman–Crippen LogP) is 4.11. The van der Waals surface area contributed by atoms with Crippen molar-refractivity contribution in [2.75, 3.05) is 7.05 Å². The second-order valence-corrected chi connectivity index (χ2v) is 6.06. The van der Waals surface area contributed by atoms with Crippen molar-refractivity contribution in [2.24, 2.45) is 16.3 Å². The zero-order valence-electron chi connectivity index (χ0n) is 11.5. The number of rotatable bonds is 6. The smallest absolute Gasteiger partial charge is 0.395 e. The van der Waals surface area contributed by atoms with E-state index in [-0.39, 0.29) is 17.9 Å². The third-order valence-corrected chi connectivity index (χ3v) is 4.81. The van der Waals surface area contributed by atoms with Gasteiger partial charge in [-0.25, -0.2) is 0 Å². The number of carboxylic acid groups (broad SMARTS) is 1. The van der Waals surface area contributed by atoms with Gasteiger partial charge in [0.25, 0.3) is 0 Å². The average Bonchev–Trinajstić information content (AvgIpc) is 3.13. The first-order valence-corrected chi connectivity index (χ1v) is 7.10. The molecule has 1 atom stereocenters. The van der Waals surface area contributed by atoms with Crippen LogP contribution in [0.5, 0.6) is 0 Å². The molecule has 0 aromatic carbocycles. The van der Waals surface area contributed by atoms with E-state index in [0.717, 1.165) is 11.8 Å². The number of aliphatic imine (C=N–C) groups is 1. The molecule has 1 fully saturated rings. The molecular weight excluding hydrogens is 291 g/mol. The maximum Gasteiger partial charge on any atom is 0.395 e. The van der Waals surface area contributed by atoms with Crippen LogP contribution in [-0.2, 0) is 4.79 Å². The van der Waals surface area contributed by atoms with Gasteiger partial charge in [0.1, 0.15) is 0 Å². The summed E-state index contributed by atoms with van der Waals surface area (Å²) in [5.74, 6) is -2.37. The molecule has 0 amide bonds. The Hall–Kier alpha value is -0.980. The number of carboxylic acids is 1. The van der Waals surface area contributed by atoms with Crippen molar-refractivity contribution >= 4 is 22.8 Å². The van der Waals surface area contributed by atoms with Crippen LogP contribution < -0.4 is 0 Å². The number of allylic oxidation sites excluding steroid dienone is 1. The Bertz CT molecular complexity index is 428. The molecule has 20 heavy (non-hydrogen) atoms. The van der Waals surface area contributed by atoms with Gasteiger partial charge < -0.3 is 5.11 Å². The Labute approximate surface area is 120 Å². The van der Waals surface area contributed by atoms with Crippen molar-refractivity contribution in [2.45, 2.75) is 38.8 Å². The molecule has 0 radical (unpaired) electrons. The number of thioether (sulfide) groups is 1. The highest BCUT2D eigenvalue weighted by Crippen LogP contribution is 2.64. The van der Waals surface area contributed by atoms with Crippen LogP contribution in [0.1, 0.15) is 32.6 Å². The number of hydrogen-bond acceptors (Lipinski definition) is 3. The lowest BCUT2D eigenvalue weighted by Crippen LogP contribution is -2.37. The first kappa shape index (κ1) is 17.1. The SMILES string of the molecule is C=C(CC)SC(=NC)C(CC(=O)O)C1(C(F)(F)F)CC1.